The third kappa shape index (κ3) is 4.65. The van der Waals surface area contributed by atoms with Gasteiger partial charge in [0.2, 0.25) is 16.9 Å². The number of carbonyl (C=O) groups excluding carboxylic acids is 2. The number of methoxy groups -OCH3 is 1. The van der Waals surface area contributed by atoms with Crippen LogP contribution in [-0.2, 0) is 9.59 Å². The Balaban J connectivity index is 1.32. The molecule has 1 N–H and O–H groups in total. The van der Waals surface area contributed by atoms with Crippen LogP contribution in [0.5, 0.6) is 5.75 Å². The molecular weight excluding hydrogens is 469 g/mol. The van der Waals surface area contributed by atoms with E-state index in [1.165, 1.54) is 40.5 Å². The number of nitrogens with zero attached hydrogens (tertiary/aromatic N) is 4. The molecule has 1 aliphatic heterocycles. The van der Waals surface area contributed by atoms with Gasteiger partial charge in [0.05, 0.1) is 24.4 Å². The minimum absolute atomic E-state index is 0.0786. The predicted octanol–water partition coefficient (Wildman–Crippen LogP) is 4.44. The molecule has 1 atom stereocenters. The first-order valence-corrected chi connectivity index (χ1v) is 11.8. The van der Waals surface area contributed by atoms with E-state index in [-0.39, 0.29) is 30.6 Å². The summed E-state index contributed by atoms with van der Waals surface area (Å²) >= 11 is 1.41. The van der Waals surface area contributed by atoms with Crippen molar-refractivity contribution in [2.24, 2.45) is 5.92 Å². The molecule has 2 aromatic heterocycles. The lowest BCUT2D eigenvalue weighted by Gasteiger charge is -2.16. The van der Waals surface area contributed by atoms with E-state index in [1.807, 2.05) is 36.6 Å². The summed E-state index contributed by atoms with van der Waals surface area (Å²) in [5, 5.41) is 9.94. The molecule has 4 aromatic rings. The molecule has 0 spiro atoms. The Morgan fingerprint density at radius 1 is 1.17 bits per heavy atom. The number of hydrogen-bond acceptors (Lipinski definition) is 6. The number of thiazole rings is 1. The maximum Gasteiger partial charge on any atom is 0.230 e. The van der Waals surface area contributed by atoms with E-state index in [0.29, 0.717) is 16.6 Å². The maximum absolute atomic E-state index is 13.2. The molecular formula is C25H22FN5O3S. The number of hydrogen-bond donors (Lipinski definition) is 1. The number of anilines is 2. The lowest BCUT2D eigenvalue weighted by atomic mass is 10.1. The molecule has 1 aliphatic rings. The highest BCUT2D eigenvalue weighted by molar-refractivity contribution is 7.12. The summed E-state index contributed by atoms with van der Waals surface area (Å²) in [6.45, 7) is 2.06. The SMILES string of the molecule is COc1ccc(-c2csc(-n3nc(C)cc3NC(=O)C3CC(=O)N(c4ccc(F)cc4)C3)n2)cc1. The third-order valence-corrected chi connectivity index (χ3v) is 6.59. The van der Waals surface area contributed by atoms with Gasteiger partial charge in [-0.15, -0.1) is 11.3 Å². The average molecular weight is 492 g/mol. The van der Waals surface area contributed by atoms with E-state index in [1.54, 1.807) is 17.9 Å². The van der Waals surface area contributed by atoms with Crippen LogP contribution >= 0.6 is 11.3 Å². The van der Waals surface area contributed by atoms with E-state index >= 15 is 0 Å². The van der Waals surface area contributed by atoms with Crippen LogP contribution in [0, 0.1) is 18.7 Å². The molecule has 1 unspecified atom stereocenters. The van der Waals surface area contributed by atoms with Gasteiger partial charge in [0.25, 0.3) is 0 Å². The Morgan fingerprint density at radius 2 is 1.91 bits per heavy atom. The van der Waals surface area contributed by atoms with Crippen molar-refractivity contribution in [2.75, 3.05) is 23.9 Å². The molecule has 5 rings (SSSR count). The molecule has 35 heavy (non-hydrogen) atoms. The second-order valence-corrected chi connectivity index (χ2v) is 9.03. The number of rotatable bonds is 6. The Morgan fingerprint density at radius 3 is 2.63 bits per heavy atom. The van der Waals surface area contributed by atoms with Gasteiger partial charge in [-0.3, -0.25) is 9.59 Å². The van der Waals surface area contributed by atoms with Crippen molar-refractivity contribution in [1.29, 1.82) is 0 Å². The lowest BCUT2D eigenvalue weighted by Crippen LogP contribution is -2.28. The van der Waals surface area contributed by atoms with Gasteiger partial charge in [0.1, 0.15) is 17.4 Å². The topological polar surface area (TPSA) is 89.3 Å². The summed E-state index contributed by atoms with van der Waals surface area (Å²) < 4.78 is 20.0. The molecule has 8 nitrogen and oxygen atoms in total. The highest BCUT2D eigenvalue weighted by Crippen LogP contribution is 2.29. The van der Waals surface area contributed by atoms with Gasteiger partial charge in [0, 0.05) is 35.7 Å². The summed E-state index contributed by atoms with van der Waals surface area (Å²) in [7, 11) is 1.62. The van der Waals surface area contributed by atoms with Gasteiger partial charge in [-0.1, -0.05) is 0 Å². The van der Waals surface area contributed by atoms with Crippen LogP contribution in [0.25, 0.3) is 16.4 Å². The number of ether oxygens (including phenoxy) is 1. The van der Waals surface area contributed by atoms with Crippen molar-refractivity contribution in [1.82, 2.24) is 14.8 Å². The minimum atomic E-state index is -0.539. The zero-order chi connectivity index (χ0) is 24.5. The van der Waals surface area contributed by atoms with Crippen LogP contribution < -0.4 is 15.0 Å². The monoisotopic (exact) mass is 491 g/mol. The van der Waals surface area contributed by atoms with Crippen molar-refractivity contribution in [2.45, 2.75) is 13.3 Å². The number of carbonyl (C=O) groups is 2. The van der Waals surface area contributed by atoms with Crippen LogP contribution in [0.15, 0.2) is 60.0 Å². The van der Waals surface area contributed by atoms with Gasteiger partial charge >= 0.3 is 0 Å². The zero-order valence-electron chi connectivity index (χ0n) is 19.1. The highest BCUT2D eigenvalue weighted by Gasteiger charge is 2.35. The average Bonchev–Trinajstić information content (AvgIpc) is 3.58. The first kappa shape index (κ1) is 22.7. The highest BCUT2D eigenvalue weighted by atomic mass is 32.1. The molecule has 0 radical (unpaired) electrons. The van der Waals surface area contributed by atoms with E-state index in [0.717, 1.165) is 22.7 Å². The van der Waals surface area contributed by atoms with Crippen LogP contribution in [0.4, 0.5) is 15.9 Å². The van der Waals surface area contributed by atoms with Crippen LogP contribution in [0.1, 0.15) is 12.1 Å². The summed E-state index contributed by atoms with van der Waals surface area (Å²) in [4.78, 5) is 31.8. The fourth-order valence-electron chi connectivity index (χ4n) is 3.97. The summed E-state index contributed by atoms with van der Waals surface area (Å²) in [6, 6.07) is 15.0. The van der Waals surface area contributed by atoms with Crippen LogP contribution in [0.3, 0.4) is 0 Å². The Hall–Kier alpha value is -4.05. The molecule has 2 amide bonds. The summed E-state index contributed by atoms with van der Waals surface area (Å²) in [6.07, 6.45) is 0.0786. The molecule has 0 aliphatic carbocycles. The van der Waals surface area contributed by atoms with Crippen molar-refractivity contribution in [3.8, 4) is 22.1 Å². The Bertz CT molecular complexity index is 1380. The molecule has 178 valence electrons. The summed E-state index contributed by atoms with van der Waals surface area (Å²) in [5.41, 5.74) is 3.01. The van der Waals surface area contributed by atoms with Gasteiger partial charge in [-0.25, -0.2) is 9.37 Å². The van der Waals surface area contributed by atoms with Gasteiger partial charge in [-0.2, -0.15) is 9.78 Å². The smallest absolute Gasteiger partial charge is 0.230 e. The second-order valence-electron chi connectivity index (χ2n) is 8.20. The fraction of sp³-hybridized carbons (Fsp3) is 0.200. The molecule has 0 saturated carbocycles. The first-order chi connectivity index (χ1) is 16.9. The van der Waals surface area contributed by atoms with E-state index in [9.17, 15) is 14.0 Å². The maximum atomic E-state index is 13.2. The third-order valence-electron chi connectivity index (χ3n) is 5.78. The molecule has 10 heteroatoms. The molecule has 1 saturated heterocycles. The largest absolute Gasteiger partial charge is 0.497 e. The molecule has 2 aromatic carbocycles. The number of halogens is 1. The fourth-order valence-corrected chi connectivity index (χ4v) is 4.77. The van der Waals surface area contributed by atoms with Crippen LogP contribution in [0.2, 0.25) is 0 Å². The van der Waals surface area contributed by atoms with Crippen molar-refractivity contribution < 1.29 is 18.7 Å². The molecule has 0 bridgehead atoms. The molecule has 3 heterocycles. The van der Waals surface area contributed by atoms with Gasteiger partial charge in [0.15, 0.2) is 0 Å². The normalized spacial score (nSPS) is 15.5. The van der Waals surface area contributed by atoms with Gasteiger partial charge in [-0.05, 0) is 55.5 Å². The van der Waals surface area contributed by atoms with Crippen molar-refractivity contribution >= 4 is 34.7 Å². The minimum Gasteiger partial charge on any atom is -0.497 e. The van der Waals surface area contributed by atoms with Crippen molar-refractivity contribution in [3.05, 3.63) is 71.5 Å². The standard InChI is InChI=1S/C25H22FN5O3S/c1-15-11-22(28-24(33)17-12-23(32)30(13-17)19-7-5-18(26)6-8-19)31(29-15)25-27-21(14-35-25)16-3-9-20(34-2)10-4-16/h3-11,14,17H,12-13H2,1-2H3,(H,28,33). The zero-order valence-corrected chi connectivity index (χ0v) is 19.9. The van der Waals surface area contributed by atoms with E-state index in [4.69, 9.17) is 4.74 Å². The van der Waals surface area contributed by atoms with Crippen LogP contribution in [-0.4, -0.2) is 40.2 Å². The van der Waals surface area contributed by atoms with E-state index < -0.39 is 5.92 Å². The number of benzene rings is 2. The first-order valence-electron chi connectivity index (χ1n) is 10.9. The lowest BCUT2D eigenvalue weighted by molar-refractivity contribution is -0.122. The number of nitrogens with one attached hydrogen (secondary N) is 1. The number of amides is 2. The number of aromatic nitrogens is 3. The molecule has 1 fully saturated rings. The predicted molar refractivity (Wildman–Crippen MR) is 131 cm³/mol. The number of aryl methyl sites for hydroxylation is 1. The van der Waals surface area contributed by atoms with Gasteiger partial charge < -0.3 is 15.0 Å². The van der Waals surface area contributed by atoms with Crippen molar-refractivity contribution in [3.63, 3.8) is 0 Å². The quantitative estimate of drug-likeness (QED) is 0.431. The second kappa shape index (κ2) is 9.30. The Kier molecular flexibility index (Phi) is 6.04. The Labute approximate surface area is 205 Å². The summed E-state index contributed by atoms with van der Waals surface area (Å²) in [5.74, 6) is -0.129. The van der Waals surface area contributed by atoms with E-state index in [2.05, 4.69) is 15.4 Å².